The van der Waals surface area contributed by atoms with Gasteiger partial charge in [-0.1, -0.05) is 25.0 Å². The molecular formula is C16H19FN2O2. The van der Waals surface area contributed by atoms with Gasteiger partial charge in [0.2, 0.25) is 11.8 Å². The summed E-state index contributed by atoms with van der Waals surface area (Å²) in [7, 11) is 0. The fraction of sp³-hybridized carbons (Fsp3) is 0.500. The summed E-state index contributed by atoms with van der Waals surface area (Å²) in [6.07, 6.45) is 3.25. The highest BCUT2D eigenvalue weighted by molar-refractivity contribution is 5.99. The van der Waals surface area contributed by atoms with Crippen LogP contribution in [-0.2, 0) is 16.1 Å². The number of amides is 2. The Kier molecular flexibility index (Phi) is 3.43. The van der Waals surface area contributed by atoms with Crippen LogP contribution < -0.4 is 5.32 Å². The number of hydrogen-bond acceptors (Lipinski definition) is 2. The molecule has 1 spiro atoms. The minimum Gasteiger partial charge on any atom is -0.343 e. The number of piperazine rings is 1. The summed E-state index contributed by atoms with van der Waals surface area (Å²) >= 11 is 0. The zero-order valence-corrected chi connectivity index (χ0v) is 12.1. The van der Waals surface area contributed by atoms with E-state index >= 15 is 0 Å². The van der Waals surface area contributed by atoms with E-state index in [0.717, 1.165) is 18.4 Å². The maximum absolute atomic E-state index is 13.4. The number of rotatable bonds is 2. The summed E-state index contributed by atoms with van der Waals surface area (Å²) in [6.45, 7) is 1.98. The molecule has 1 aliphatic carbocycles. The second-order valence-corrected chi connectivity index (χ2v) is 5.99. The molecule has 2 amide bonds. The quantitative estimate of drug-likeness (QED) is 0.905. The summed E-state index contributed by atoms with van der Waals surface area (Å²) in [5, 5.41) is 2.78. The molecule has 1 aromatic rings. The molecule has 1 saturated carbocycles. The molecule has 1 saturated heterocycles. The van der Waals surface area contributed by atoms with Crippen molar-refractivity contribution < 1.29 is 14.0 Å². The molecule has 1 atom stereocenters. The van der Waals surface area contributed by atoms with E-state index in [0.29, 0.717) is 12.8 Å². The van der Waals surface area contributed by atoms with Gasteiger partial charge in [0.15, 0.2) is 0 Å². The Hall–Kier alpha value is -1.91. The maximum atomic E-state index is 13.4. The van der Waals surface area contributed by atoms with Crippen LogP contribution in [0, 0.1) is 5.82 Å². The maximum Gasteiger partial charge on any atom is 0.246 e. The zero-order valence-electron chi connectivity index (χ0n) is 12.1. The predicted octanol–water partition coefficient (Wildman–Crippen LogP) is 1.99. The number of carbonyl (C=O) groups is 2. The molecule has 3 rings (SSSR count). The lowest BCUT2D eigenvalue weighted by atomic mass is 9.89. The monoisotopic (exact) mass is 290 g/mol. The molecule has 0 radical (unpaired) electrons. The van der Waals surface area contributed by atoms with Gasteiger partial charge in [0.05, 0.1) is 0 Å². The topological polar surface area (TPSA) is 49.4 Å². The number of halogens is 1. The predicted molar refractivity (Wildman–Crippen MR) is 75.8 cm³/mol. The second-order valence-electron chi connectivity index (χ2n) is 5.99. The lowest BCUT2D eigenvalue weighted by Gasteiger charge is -2.45. The van der Waals surface area contributed by atoms with Crippen LogP contribution in [0.2, 0.25) is 0 Å². The van der Waals surface area contributed by atoms with Crippen molar-refractivity contribution in [2.75, 3.05) is 0 Å². The summed E-state index contributed by atoms with van der Waals surface area (Å²) in [6, 6.07) is 5.70. The van der Waals surface area contributed by atoms with Crippen molar-refractivity contribution in [2.24, 2.45) is 0 Å². The van der Waals surface area contributed by atoms with E-state index in [2.05, 4.69) is 5.32 Å². The molecule has 1 heterocycles. The first-order valence-electron chi connectivity index (χ1n) is 7.40. The van der Waals surface area contributed by atoms with Crippen molar-refractivity contribution in [3.63, 3.8) is 0 Å². The van der Waals surface area contributed by atoms with Gasteiger partial charge in [-0.15, -0.1) is 0 Å². The van der Waals surface area contributed by atoms with Crippen LogP contribution in [0.1, 0.15) is 38.2 Å². The average Bonchev–Trinajstić information content (AvgIpc) is 2.93. The van der Waals surface area contributed by atoms with E-state index in [1.165, 1.54) is 12.1 Å². The highest BCUT2D eigenvalue weighted by atomic mass is 19.1. The minimum absolute atomic E-state index is 0.0662. The van der Waals surface area contributed by atoms with Crippen LogP contribution >= 0.6 is 0 Å². The average molecular weight is 290 g/mol. The number of nitrogens with zero attached hydrogens (tertiary/aromatic N) is 1. The molecule has 21 heavy (non-hydrogen) atoms. The lowest BCUT2D eigenvalue weighted by Crippen LogP contribution is -2.68. The first-order chi connectivity index (χ1) is 10.0. The molecule has 0 aromatic heterocycles. The number of nitrogens with one attached hydrogen (secondary N) is 1. The Morgan fingerprint density at radius 2 is 2.05 bits per heavy atom. The van der Waals surface area contributed by atoms with Crippen LogP contribution in [0.15, 0.2) is 24.3 Å². The van der Waals surface area contributed by atoms with E-state index in [-0.39, 0.29) is 24.2 Å². The zero-order chi connectivity index (χ0) is 15.0. The molecule has 112 valence electrons. The van der Waals surface area contributed by atoms with Crippen LogP contribution in [0.25, 0.3) is 0 Å². The van der Waals surface area contributed by atoms with E-state index in [1.54, 1.807) is 24.0 Å². The number of benzene rings is 1. The van der Waals surface area contributed by atoms with Crippen molar-refractivity contribution >= 4 is 11.8 Å². The van der Waals surface area contributed by atoms with Crippen molar-refractivity contribution in [3.8, 4) is 0 Å². The van der Waals surface area contributed by atoms with Crippen LogP contribution in [-0.4, -0.2) is 28.3 Å². The SMILES string of the molecule is CC1NC(=O)C2(CCCC2)N(Cc2cccc(F)c2)C1=O. The van der Waals surface area contributed by atoms with E-state index in [1.807, 2.05) is 0 Å². The van der Waals surface area contributed by atoms with Gasteiger partial charge in [-0.3, -0.25) is 9.59 Å². The smallest absolute Gasteiger partial charge is 0.246 e. The highest BCUT2D eigenvalue weighted by Crippen LogP contribution is 2.39. The minimum atomic E-state index is -0.740. The number of carbonyl (C=O) groups excluding carboxylic acids is 2. The molecule has 2 aliphatic rings. The highest BCUT2D eigenvalue weighted by Gasteiger charge is 2.52. The van der Waals surface area contributed by atoms with Crippen molar-refractivity contribution in [2.45, 2.75) is 50.7 Å². The third kappa shape index (κ3) is 2.30. The summed E-state index contributed by atoms with van der Waals surface area (Å²) in [5.74, 6) is -0.473. The third-order valence-electron chi connectivity index (χ3n) is 4.58. The Morgan fingerprint density at radius 1 is 1.33 bits per heavy atom. The molecule has 1 unspecified atom stereocenters. The largest absolute Gasteiger partial charge is 0.343 e. The normalized spacial score (nSPS) is 24.5. The molecule has 1 aliphatic heterocycles. The second kappa shape index (κ2) is 5.13. The third-order valence-corrected chi connectivity index (χ3v) is 4.58. The van der Waals surface area contributed by atoms with Gasteiger partial charge in [0.1, 0.15) is 17.4 Å². The number of hydrogen-bond donors (Lipinski definition) is 1. The van der Waals surface area contributed by atoms with E-state index < -0.39 is 11.6 Å². The molecule has 1 N–H and O–H groups in total. The molecule has 1 aromatic carbocycles. The van der Waals surface area contributed by atoms with Crippen LogP contribution in [0.3, 0.4) is 0 Å². The van der Waals surface area contributed by atoms with Gasteiger partial charge < -0.3 is 10.2 Å². The Bertz CT molecular complexity index is 581. The Balaban J connectivity index is 1.94. The standard InChI is InChI=1S/C16H19FN2O2/c1-11-14(20)19(10-12-5-4-6-13(17)9-12)16(15(21)18-11)7-2-3-8-16/h4-6,9,11H,2-3,7-8,10H2,1H3,(H,18,21). The van der Waals surface area contributed by atoms with Gasteiger partial charge in [-0.05, 0) is 37.5 Å². The lowest BCUT2D eigenvalue weighted by molar-refractivity contribution is -0.157. The van der Waals surface area contributed by atoms with Crippen molar-refractivity contribution in [1.29, 1.82) is 0 Å². The van der Waals surface area contributed by atoms with Crippen molar-refractivity contribution in [3.05, 3.63) is 35.6 Å². The van der Waals surface area contributed by atoms with Gasteiger partial charge >= 0.3 is 0 Å². The summed E-state index contributed by atoms with van der Waals surface area (Å²) < 4.78 is 13.4. The molecule has 2 fully saturated rings. The Morgan fingerprint density at radius 3 is 2.71 bits per heavy atom. The van der Waals surface area contributed by atoms with Gasteiger partial charge in [-0.2, -0.15) is 0 Å². The van der Waals surface area contributed by atoms with E-state index in [9.17, 15) is 14.0 Å². The molecule has 5 heteroatoms. The molecule has 0 bridgehead atoms. The van der Waals surface area contributed by atoms with Gasteiger partial charge in [0, 0.05) is 6.54 Å². The van der Waals surface area contributed by atoms with Crippen LogP contribution in [0.5, 0.6) is 0 Å². The fourth-order valence-corrected chi connectivity index (χ4v) is 3.46. The van der Waals surface area contributed by atoms with E-state index in [4.69, 9.17) is 0 Å². The first kappa shape index (κ1) is 14.0. The van der Waals surface area contributed by atoms with Crippen molar-refractivity contribution in [1.82, 2.24) is 10.2 Å². The van der Waals surface area contributed by atoms with Gasteiger partial charge in [-0.25, -0.2) is 4.39 Å². The molecule has 4 nitrogen and oxygen atoms in total. The summed E-state index contributed by atoms with van der Waals surface area (Å²) in [4.78, 5) is 26.7. The van der Waals surface area contributed by atoms with Crippen LogP contribution in [0.4, 0.5) is 4.39 Å². The first-order valence-corrected chi connectivity index (χ1v) is 7.40. The fourth-order valence-electron chi connectivity index (χ4n) is 3.46. The Labute approximate surface area is 123 Å². The molecular weight excluding hydrogens is 271 g/mol. The van der Waals surface area contributed by atoms with Gasteiger partial charge in [0.25, 0.3) is 0 Å². The summed E-state index contributed by atoms with van der Waals surface area (Å²) in [5.41, 5.74) is -0.0212.